The van der Waals surface area contributed by atoms with Crippen molar-refractivity contribution in [3.05, 3.63) is 0 Å². The van der Waals surface area contributed by atoms with Crippen molar-refractivity contribution in [3.8, 4) is 0 Å². The standard InChI is InChI=1S/C14H24N2S/c1-9(2)13-8-16-14(17-13)15-7-12-6-10-3-4-11(12)5-10/h9-13H,3-8H2,1-2H3,(H,15,16). The van der Waals surface area contributed by atoms with E-state index in [-0.39, 0.29) is 0 Å². The summed E-state index contributed by atoms with van der Waals surface area (Å²) in [6.07, 6.45) is 5.99. The van der Waals surface area contributed by atoms with Crippen LogP contribution in [0.2, 0.25) is 0 Å². The Hall–Kier alpha value is -0.180. The maximum Gasteiger partial charge on any atom is 0.156 e. The minimum absolute atomic E-state index is 0.706. The zero-order chi connectivity index (χ0) is 11.8. The van der Waals surface area contributed by atoms with Crippen LogP contribution in [0, 0.1) is 23.7 Å². The molecule has 96 valence electrons. The van der Waals surface area contributed by atoms with Crippen LogP contribution in [-0.2, 0) is 0 Å². The maximum atomic E-state index is 4.63. The molecule has 1 heterocycles. The van der Waals surface area contributed by atoms with Gasteiger partial charge in [-0.2, -0.15) is 0 Å². The Morgan fingerprint density at radius 1 is 1.35 bits per heavy atom. The third-order valence-corrected chi connectivity index (χ3v) is 6.31. The highest BCUT2D eigenvalue weighted by molar-refractivity contribution is 8.14. The molecule has 2 saturated carbocycles. The second-order valence-electron chi connectivity index (χ2n) is 6.36. The Morgan fingerprint density at radius 3 is 2.82 bits per heavy atom. The predicted octanol–water partition coefficient (Wildman–Crippen LogP) is 3.14. The summed E-state index contributed by atoms with van der Waals surface area (Å²) in [7, 11) is 0. The number of hydrogen-bond donors (Lipinski definition) is 1. The van der Waals surface area contributed by atoms with E-state index in [0.717, 1.165) is 30.2 Å². The van der Waals surface area contributed by atoms with Crippen molar-refractivity contribution < 1.29 is 0 Å². The van der Waals surface area contributed by atoms with Gasteiger partial charge in [-0.1, -0.05) is 32.0 Å². The molecule has 2 aliphatic carbocycles. The summed E-state index contributed by atoms with van der Waals surface area (Å²) >= 11 is 1.96. The molecule has 2 bridgehead atoms. The van der Waals surface area contributed by atoms with E-state index in [4.69, 9.17) is 0 Å². The highest BCUT2D eigenvalue weighted by Crippen LogP contribution is 2.48. The number of hydrogen-bond acceptors (Lipinski definition) is 3. The van der Waals surface area contributed by atoms with Crippen molar-refractivity contribution in [2.75, 3.05) is 13.1 Å². The molecule has 0 spiro atoms. The molecule has 3 rings (SSSR count). The summed E-state index contributed by atoms with van der Waals surface area (Å²) in [6.45, 7) is 6.79. The van der Waals surface area contributed by atoms with Crippen LogP contribution in [-0.4, -0.2) is 23.5 Å². The Kier molecular flexibility index (Phi) is 3.38. The van der Waals surface area contributed by atoms with E-state index in [1.165, 1.54) is 37.4 Å². The van der Waals surface area contributed by atoms with Gasteiger partial charge in [0.05, 0.1) is 6.54 Å². The lowest BCUT2D eigenvalue weighted by molar-refractivity contribution is 0.333. The molecular weight excluding hydrogens is 228 g/mol. The molecule has 3 heteroatoms. The van der Waals surface area contributed by atoms with Gasteiger partial charge in [0.1, 0.15) is 0 Å². The van der Waals surface area contributed by atoms with Gasteiger partial charge in [-0.25, -0.2) is 0 Å². The van der Waals surface area contributed by atoms with Gasteiger partial charge < -0.3 is 5.32 Å². The molecule has 0 aromatic rings. The minimum atomic E-state index is 0.706. The van der Waals surface area contributed by atoms with Crippen LogP contribution in [0.15, 0.2) is 4.99 Å². The minimum Gasteiger partial charge on any atom is -0.365 e. The van der Waals surface area contributed by atoms with E-state index in [1.54, 1.807) is 0 Å². The third kappa shape index (κ3) is 2.49. The van der Waals surface area contributed by atoms with E-state index < -0.39 is 0 Å². The lowest BCUT2D eigenvalue weighted by Gasteiger charge is -2.22. The summed E-state index contributed by atoms with van der Waals surface area (Å²) < 4.78 is 0. The van der Waals surface area contributed by atoms with Gasteiger partial charge >= 0.3 is 0 Å². The molecule has 2 nitrogen and oxygen atoms in total. The summed E-state index contributed by atoms with van der Waals surface area (Å²) in [5, 5.41) is 5.53. The first kappa shape index (κ1) is 11.9. The lowest BCUT2D eigenvalue weighted by Crippen LogP contribution is -2.29. The van der Waals surface area contributed by atoms with Gasteiger partial charge in [0.2, 0.25) is 0 Å². The molecular formula is C14H24N2S. The van der Waals surface area contributed by atoms with Crippen LogP contribution in [0.5, 0.6) is 0 Å². The van der Waals surface area contributed by atoms with Crippen molar-refractivity contribution in [1.82, 2.24) is 5.32 Å². The number of amidine groups is 1. The maximum absolute atomic E-state index is 4.63. The van der Waals surface area contributed by atoms with Crippen LogP contribution < -0.4 is 5.32 Å². The summed E-state index contributed by atoms with van der Waals surface area (Å²) in [5.41, 5.74) is 0. The van der Waals surface area contributed by atoms with Gasteiger partial charge in [-0.05, 0) is 42.9 Å². The van der Waals surface area contributed by atoms with Crippen molar-refractivity contribution in [2.45, 2.75) is 44.8 Å². The van der Waals surface area contributed by atoms with Crippen molar-refractivity contribution in [1.29, 1.82) is 0 Å². The summed E-state index contributed by atoms with van der Waals surface area (Å²) in [4.78, 5) is 4.63. The molecule has 1 aliphatic heterocycles. The number of nitrogens with zero attached hydrogens (tertiary/aromatic N) is 1. The second kappa shape index (κ2) is 4.83. The van der Waals surface area contributed by atoms with Gasteiger partial charge in [-0.3, -0.25) is 4.99 Å². The van der Waals surface area contributed by atoms with Gasteiger partial charge in [0.15, 0.2) is 5.17 Å². The first-order valence-electron chi connectivity index (χ1n) is 7.17. The third-order valence-electron chi connectivity index (χ3n) is 4.82. The lowest BCUT2D eigenvalue weighted by atomic mass is 9.89. The highest BCUT2D eigenvalue weighted by Gasteiger charge is 2.39. The Morgan fingerprint density at radius 2 is 2.24 bits per heavy atom. The predicted molar refractivity (Wildman–Crippen MR) is 75.5 cm³/mol. The average Bonchev–Trinajstić information content (AvgIpc) is 3.02. The van der Waals surface area contributed by atoms with E-state index >= 15 is 0 Å². The Bertz CT molecular complexity index is 313. The van der Waals surface area contributed by atoms with E-state index in [1.807, 2.05) is 11.8 Å². The first-order chi connectivity index (χ1) is 8.22. The normalized spacial score (nSPS) is 40.1. The van der Waals surface area contributed by atoms with Crippen molar-refractivity contribution >= 4 is 16.9 Å². The van der Waals surface area contributed by atoms with E-state index in [9.17, 15) is 0 Å². The van der Waals surface area contributed by atoms with Crippen LogP contribution in [0.3, 0.4) is 0 Å². The Labute approximate surface area is 109 Å². The molecule has 0 saturated heterocycles. The quantitative estimate of drug-likeness (QED) is 0.834. The molecule has 4 atom stereocenters. The number of fused-ring (bicyclic) bond motifs is 2. The molecule has 0 aromatic heterocycles. The second-order valence-corrected chi connectivity index (χ2v) is 7.59. The molecule has 3 aliphatic rings. The zero-order valence-electron chi connectivity index (χ0n) is 11.0. The fraction of sp³-hybridized carbons (Fsp3) is 0.929. The van der Waals surface area contributed by atoms with Crippen LogP contribution in [0.4, 0.5) is 0 Å². The van der Waals surface area contributed by atoms with E-state index in [2.05, 4.69) is 24.2 Å². The SMILES string of the molecule is CC(C)C1CN=C(NCC2CC3CCC2C3)S1. The molecule has 1 N–H and O–H groups in total. The molecule has 0 radical (unpaired) electrons. The molecule has 2 fully saturated rings. The zero-order valence-corrected chi connectivity index (χ0v) is 11.8. The summed E-state index contributed by atoms with van der Waals surface area (Å²) in [6, 6.07) is 0. The van der Waals surface area contributed by atoms with Crippen molar-refractivity contribution in [2.24, 2.45) is 28.7 Å². The fourth-order valence-corrected chi connectivity index (χ4v) is 4.70. The molecule has 4 unspecified atom stereocenters. The van der Waals surface area contributed by atoms with Gasteiger partial charge in [0.25, 0.3) is 0 Å². The Balaban J connectivity index is 1.43. The van der Waals surface area contributed by atoms with Gasteiger partial charge in [0, 0.05) is 11.8 Å². The summed E-state index contributed by atoms with van der Waals surface area (Å²) in [5.74, 6) is 3.77. The molecule has 0 aromatic carbocycles. The van der Waals surface area contributed by atoms with Crippen LogP contribution in [0.1, 0.15) is 39.5 Å². The number of aliphatic imine (C=N–C) groups is 1. The van der Waals surface area contributed by atoms with Crippen molar-refractivity contribution in [3.63, 3.8) is 0 Å². The number of rotatable bonds is 3. The molecule has 17 heavy (non-hydrogen) atoms. The number of thioether (sulfide) groups is 1. The fourth-order valence-electron chi connectivity index (χ4n) is 3.68. The van der Waals surface area contributed by atoms with E-state index in [0.29, 0.717) is 5.25 Å². The van der Waals surface area contributed by atoms with Crippen LogP contribution in [0.25, 0.3) is 0 Å². The highest BCUT2D eigenvalue weighted by atomic mass is 32.2. The number of nitrogens with one attached hydrogen (secondary N) is 1. The average molecular weight is 252 g/mol. The largest absolute Gasteiger partial charge is 0.365 e. The monoisotopic (exact) mass is 252 g/mol. The smallest absolute Gasteiger partial charge is 0.156 e. The van der Waals surface area contributed by atoms with Gasteiger partial charge in [-0.15, -0.1) is 0 Å². The molecule has 0 amide bonds. The first-order valence-corrected chi connectivity index (χ1v) is 8.05. The van der Waals surface area contributed by atoms with Crippen LogP contribution >= 0.6 is 11.8 Å². The topological polar surface area (TPSA) is 24.4 Å².